The molecule has 0 saturated carbocycles. The summed E-state index contributed by atoms with van der Waals surface area (Å²) in [5, 5.41) is 39.6. The van der Waals surface area contributed by atoms with E-state index in [9.17, 15) is 25.5 Å². The Labute approximate surface area is 203 Å². The SMILES string of the molecule is CC(C)OCCN(CCOC(C)C)c1ccc(N=Nc2c(C#N)cc([N+](=O)[O-])cc2[N+](=O)[O-])cc1. The molecule has 2 rings (SSSR count). The Morgan fingerprint density at radius 2 is 1.51 bits per heavy atom. The molecule has 0 bridgehead atoms. The zero-order chi connectivity index (χ0) is 26.0. The Bertz CT molecular complexity index is 1080. The third-order valence-electron chi connectivity index (χ3n) is 4.71. The molecule has 2 aromatic rings. The van der Waals surface area contributed by atoms with Crippen molar-refractivity contribution in [2.75, 3.05) is 31.2 Å². The minimum Gasteiger partial charge on any atom is -0.377 e. The van der Waals surface area contributed by atoms with Crippen molar-refractivity contribution in [2.45, 2.75) is 39.9 Å². The predicted octanol–water partition coefficient (Wildman–Crippen LogP) is 5.45. The molecule has 0 aliphatic rings. The van der Waals surface area contributed by atoms with Gasteiger partial charge in [0, 0.05) is 24.8 Å². The van der Waals surface area contributed by atoms with Gasteiger partial charge in [-0.2, -0.15) is 10.4 Å². The first-order chi connectivity index (χ1) is 16.6. The second-order valence-electron chi connectivity index (χ2n) is 8.03. The first-order valence-electron chi connectivity index (χ1n) is 11.0. The minimum absolute atomic E-state index is 0.119. The van der Waals surface area contributed by atoms with Crippen LogP contribution < -0.4 is 4.90 Å². The quantitative estimate of drug-likeness (QED) is 0.206. The van der Waals surface area contributed by atoms with Crippen LogP contribution in [-0.2, 0) is 9.47 Å². The Morgan fingerprint density at radius 3 is 1.97 bits per heavy atom. The van der Waals surface area contributed by atoms with Gasteiger partial charge in [0.1, 0.15) is 6.07 Å². The molecule has 0 unspecified atom stereocenters. The number of nitro groups is 2. The fraction of sp³-hybridized carbons (Fsp3) is 0.435. The minimum atomic E-state index is -0.832. The summed E-state index contributed by atoms with van der Waals surface area (Å²) in [5.41, 5.74) is -0.597. The van der Waals surface area contributed by atoms with Crippen LogP contribution in [0.25, 0.3) is 0 Å². The Kier molecular flexibility index (Phi) is 10.2. The van der Waals surface area contributed by atoms with Crippen LogP contribution in [0.3, 0.4) is 0 Å². The van der Waals surface area contributed by atoms with Gasteiger partial charge in [0.05, 0.1) is 52.6 Å². The third-order valence-corrected chi connectivity index (χ3v) is 4.71. The number of benzene rings is 2. The molecule has 0 aliphatic carbocycles. The maximum absolute atomic E-state index is 11.4. The average Bonchev–Trinajstić information content (AvgIpc) is 2.81. The number of hydrogen-bond donors (Lipinski definition) is 0. The monoisotopic (exact) mass is 484 g/mol. The van der Waals surface area contributed by atoms with Crippen molar-refractivity contribution >= 4 is 28.4 Å². The molecule has 0 atom stereocenters. The fourth-order valence-electron chi connectivity index (χ4n) is 3.04. The molecule has 0 fully saturated rings. The van der Waals surface area contributed by atoms with E-state index in [-0.39, 0.29) is 23.5 Å². The number of nitriles is 1. The molecule has 0 heterocycles. The topological polar surface area (TPSA) is 156 Å². The van der Waals surface area contributed by atoms with Gasteiger partial charge in [-0.15, -0.1) is 5.11 Å². The molecule has 0 N–H and O–H groups in total. The summed E-state index contributed by atoms with van der Waals surface area (Å²) >= 11 is 0. The number of anilines is 1. The van der Waals surface area contributed by atoms with E-state index in [0.29, 0.717) is 32.0 Å². The van der Waals surface area contributed by atoms with Crippen molar-refractivity contribution in [2.24, 2.45) is 10.2 Å². The normalized spacial score (nSPS) is 11.2. The number of nitrogens with zero attached hydrogens (tertiary/aromatic N) is 6. The van der Waals surface area contributed by atoms with Crippen molar-refractivity contribution in [3.05, 3.63) is 62.2 Å². The maximum atomic E-state index is 11.4. The van der Waals surface area contributed by atoms with Crippen LogP contribution in [0.5, 0.6) is 0 Å². The highest BCUT2D eigenvalue weighted by molar-refractivity contribution is 5.70. The van der Waals surface area contributed by atoms with Crippen molar-refractivity contribution in [3.63, 3.8) is 0 Å². The lowest BCUT2D eigenvalue weighted by Gasteiger charge is -2.25. The number of non-ortho nitro benzene ring substituents is 1. The molecule has 12 nitrogen and oxygen atoms in total. The van der Waals surface area contributed by atoms with E-state index >= 15 is 0 Å². The molecule has 0 aromatic heterocycles. The van der Waals surface area contributed by atoms with Gasteiger partial charge < -0.3 is 14.4 Å². The molecular weight excluding hydrogens is 456 g/mol. The molecule has 0 spiro atoms. The molecule has 35 heavy (non-hydrogen) atoms. The number of nitro benzene ring substituents is 2. The summed E-state index contributed by atoms with van der Waals surface area (Å²) in [7, 11) is 0. The number of hydrogen-bond acceptors (Lipinski definition) is 10. The molecule has 12 heteroatoms. The molecule has 0 radical (unpaired) electrons. The van der Waals surface area contributed by atoms with Gasteiger partial charge in [-0.25, -0.2) is 0 Å². The zero-order valence-corrected chi connectivity index (χ0v) is 20.1. The summed E-state index contributed by atoms with van der Waals surface area (Å²) < 4.78 is 11.3. The average molecular weight is 485 g/mol. The smallest absolute Gasteiger partial charge is 0.304 e. The van der Waals surface area contributed by atoms with E-state index in [0.717, 1.165) is 17.8 Å². The molecular formula is C23H28N6O6. The predicted molar refractivity (Wildman–Crippen MR) is 129 cm³/mol. The van der Waals surface area contributed by atoms with Gasteiger partial charge in [-0.3, -0.25) is 20.2 Å². The van der Waals surface area contributed by atoms with Crippen LogP contribution in [-0.4, -0.2) is 48.4 Å². The highest BCUT2D eigenvalue weighted by atomic mass is 16.6. The Morgan fingerprint density at radius 1 is 0.943 bits per heavy atom. The lowest BCUT2D eigenvalue weighted by molar-refractivity contribution is -0.393. The summed E-state index contributed by atoms with van der Waals surface area (Å²) in [6.45, 7) is 10.3. The lowest BCUT2D eigenvalue weighted by Crippen LogP contribution is -2.32. The first-order valence-corrected chi connectivity index (χ1v) is 11.0. The van der Waals surface area contributed by atoms with Crippen molar-refractivity contribution < 1.29 is 19.3 Å². The molecule has 0 saturated heterocycles. The van der Waals surface area contributed by atoms with Gasteiger partial charge >= 0.3 is 5.69 Å². The van der Waals surface area contributed by atoms with Crippen molar-refractivity contribution in [1.82, 2.24) is 0 Å². The molecule has 186 valence electrons. The second-order valence-corrected chi connectivity index (χ2v) is 8.03. The van der Waals surface area contributed by atoms with E-state index in [4.69, 9.17) is 9.47 Å². The van der Waals surface area contributed by atoms with Crippen molar-refractivity contribution in [1.29, 1.82) is 5.26 Å². The fourth-order valence-corrected chi connectivity index (χ4v) is 3.04. The van der Waals surface area contributed by atoms with Crippen LogP contribution in [0.4, 0.5) is 28.4 Å². The first kappa shape index (κ1) is 27.3. The van der Waals surface area contributed by atoms with E-state index in [2.05, 4.69) is 15.1 Å². The van der Waals surface area contributed by atoms with E-state index in [1.807, 2.05) is 39.8 Å². The van der Waals surface area contributed by atoms with Gasteiger partial charge in [0.15, 0.2) is 5.69 Å². The van der Waals surface area contributed by atoms with Crippen molar-refractivity contribution in [3.8, 4) is 6.07 Å². The summed E-state index contributed by atoms with van der Waals surface area (Å²) in [6.07, 6.45) is 0.238. The van der Waals surface area contributed by atoms with Crippen LogP contribution in [0.15, 0.2) is 46.6 Å². The standard InChI is InChI=1S/C23H28N6O6/c1-16(2)34-11-9-27(10-12-35-17(3)4)20-7-5-19(6-8-20)25-26-23-18(15-24)13-21(28(30)31)14-22(23)29(32)33/h5-8,13-14,16-17H,9-12H2,1-4H3. The highest BCUT2D eigenvalue weighted by Gasteiger charge is 2.24. The number of rotatable bonds is 13. The number of azo groups is 1. The summed E-state index contributed by atoms with van der Waals surface area (Å²) in [4.78, 5) is 22.9. The number of ether oxygens (including phenoxy) is 2. The van der Waals surface area contributed by atoms with Gasteiger partial charge in [-0.1, -0.05) is 0 Å². The van der Waals surface area contributed by atoms with Crippen LogP contribution in [0.1, 0.15) is 33.3 Å². The second kappa shape index (κ2) is 13.1. The third kappa shape index (κ3) is 8.40. The lowest BCUT2D eigenvalue weighted by atomic mass is 10.1. The summed E-state index contributed by atoms with van der Waals surface area (Å²) in [5.74, 6) is 0. The van der Waals surface area contributed by atoms with E-state index in [1.54, 1.807) is 18.2 Å². The van der Waals surface area contributed by atoms with Gasteiger partial charge in [0.2, 0.25) is 0 Å². The van der Waals surface area contributed by atoms with E-state index < -0.39 is 21.2 Å². The molecule has 0 amide bonds. The largest absolute Gasteiger partial charge is 0.377 e. The molecule has 2 aromatic carbocycles. The van der Waals surface area contributed by atoms with Crippen LogP contribution >= 0.6 is 0 Å². The van der Waals surface area contributed by atoms with Crippen LogP contribution in [0.2, 0.25) is 0 Å². The summed E-state index contributed by atoms with van der Waals surface area (Å²) in [6, 6.07) is 10.4. The maximum Gasteiger partial charge on any atom is 0.304 e. The Hall–Kier alpha value is -3.95. The van der Waals surface area contributed by atoms with E-state index in [1.165, 1.54) is 0 Å². The van der Waals surface area contributed by atoms with Crippen LogP contribution in [0, 0.1) is 31.6 Å². The Balaban J connectivity index is 2.26. The zero-order valence-electron chi connectivity index (χ0n) is 20.1. The molecule has 0 aliphatic heterocycles. The van der Waals surface area contributed by atoms with Gasteiger partial charge in [0.25, 0.3) is 5.69 Å². The highest BCUT2D eigenvalue weighted by Crippen LogP contribution is 2.36. The van der Waals surface area contributed by atoms with Gasteiger partial charge in [-0.05, 0) is 52.0 Å².